The second-order valence-electron chi connectivity index (χ2n) is 6.12. The number of rotatable bonds is 5. The SMILES string of the molecule is O=P(O)(O)Oc1cccc2[nH]cc(CCC3CCCCC3)c12. The number of aryl methyl sites for hydroxylation is 1. The van der Waals surface area contributed by atoms with Crippen molar-refractivity contribution in [2.75, 3.05) is 0 Å². The van der Waals surface area contributed by atoms with E-state index < -0.39 is 7.82 Å². The number of benzene rings is 1. The third-order valence-electron chi connectivity index (χ3n) is 4.51. The first-order valence-corrected chi connectivity index (χ1v) is 9.40. The molecular weight excluding hydrogens is 301 g/mol. The minimum absolute atomic E-state index is 0.255. The maximum absolute atomic E-state index is 11.1. The van der Waals surface area contributed by atoms with Gasteiger partial charge < -0.3 is 9.51 Å². The van der Waals surface area contributed by atoms with Gasteiger partial charge in [-0.25, -0.2) is 4.57 Å². The molecule has 0 saturated heterocycles. The van der Waals surface area contributed by atoms with Crippen LogP contribution in [0.4, 0.5) is 0 Å². The largest absolute Gasteiger partial charge is 0.524 e. The second kappa shape index (κ2) is 6.45. The number of hydrogen-bond donors (Lipinski definition) is 3. The Morgan fingerprint density at radius 1 is 1.23 bits per heavy atom. The molecule has 0 bridgehead atoms. The van der Waals surface area contributed by atoms with Gasteiger partial charge in [-0.3, -0.25) is 9.79 Å². The number of fused-ring (bicyclic) bond motifs is 1. The fourth-order valence-corrected chi connectivity index (χ4v) is 3.86. The Bertz CT molecular complexity index is 685. The van der Waals surface area contributed by atoms with Crippen molar-refractivity contribution in [2.45, 2.75) is 44.9 Å². The van der Waals surface area contributed by atoms with E-state index in [0.717, 1.165) is 35.2 Å². The van der Waals surface area contributed by atoms with E-state index in [9.17, 15) is 4.57 Å². The summed E-state index contributed by atoms with van der Waals surface area (Å²) in [5.74, 6) is 1.03. The maximum atomic E-state index is 11.1. The number of nitrogens with one attached hydrogen (secondary N) is 1. The van der Waals surface area contributed by atoms with Crippen LogP contribution in [0, 0.1) is 5.92 Å². The van der Waals surface area contributed by atoms with Crippen molar-refractivity contribution in [1.29, 1.82) is 0 Å². The number of phosphoric acid groups is 1. The maximum Gasteiger partial charge on any atom is 0.524 e. The fourth-order valence-electron chi connectivity index (χ4n) is 3.46. The lowest BCUT2D eigenvalue weighted by molar-refractivity contribution is 0.284. The van der Waals surface area contributed by atoms with Gasteiger partial charge in [0.1, 0.15) is 5.75 Å². The van der Waals surface area contributed by atoms with Crippen LogP contribution in [0.15, 0.2) is 24.4 Å². The third-order valence-corrected chi connectivity index (χ3v) is 4.95. The molecule has 1 aromatic heterocycles. The molecule has 2 aromatic rings. The van der Waals surface area contributed by atoms with Gasteiger partial charge in [0.2, 0.25) is 0 Å². The van der Waals surface area contributed by atoms with Crippen LogP contribution in [0.3, 0.4) is 0 Å². The van der Waals surface area contributed by atoms with Crippen LogP contribution in [0.2, 0.25) is 0 Å². The Labute approximate surface area is 129 Å². The monoisotopic (exact) mass is 323 g/mol. The molecule has 120 valence electrons. The van der Waals surface area contributed by atoms with Crippen LogP contribution in [-0.2, 0) is 11.0 Å². The quantitative estimate of drug-likeness (QED) is 0.722. The topological polar surface area (TPSA) is 82.6 Å². The molecule has 3 rings (SSSR count). The Morgan fingerprint density at radius 3 is 2.73 bits per heavy atom. The Kier molecular flexibility index (Phi) is 4.57. The molecule has 3 N–H and O–H groups in total. The van der Waals surface area contributed by atoms with Gasteiger partial charge in [-0.15, -0.1) is 0 Å². The van der Waals surface area contributed by atoms with Crippen LogP contribution in [0.25, 0.3) is 10.9 Å². The van der Waals surface area contributed by atoms with Crippen LogP contribution in [0.5, 0.6) is 5.75 Å². The minimum atomic E-state index is -4.55. The van der Waals surface area contributed by atoms with E-state index in [0.29, 0.717) is 0 Å². The highest BCUT2D eigenvalue weighted by molar-refractivity contribution is 7.46. The first-order chi connectivity index (χ1) is 10.5. The smallest absolute Gasteiger partial charge is 0.404 e. The van der Waals surface area contributed by atoms with Crippen molar-refractivity contribution in [1.82, 2.24) is 4.98 Å². The number of phosphoric ester groups is 1. The summed E-state index contributed by atoms with van der Waals surface area (Å²) in [6.45, 7) is 0. The van der Waals surface area contributed by atoms with Crippen molar-refractivity contribution in [3.8, 4) is 5.75 Å². The van der Waals surface area contributed by atoms with Gasteiger partial charge in [-0.2, -0.15) is 0 Å². The molecule has 1 aromatic carbocycles. The third kappa shape index (κ3) is 3.72. The fraction of sp³-hybridized carbons (Fsp3) is 0.500. The highest BCUT2D eigenvalue weighted by Crippen LogP contribution is 2.42. The summed E-state index contributed by atoms with van der Waals surface area (Å²) in [6, 6.07) is 5.24. The average molecular weight is 323 g/mol. The summed E-state index contributed by atoms with van der Waals surface area (Å²) < 4.78 is 16.0. The van der Waals surface area contributed by atoms with Crippen molar-refractivity contribution in [3.05, 3.63) is 30.0 Å². The lowest BCUT2D eigenvalue weighted by Gasteiger charge is -2.21. The predicted octanol–water partition coefficient (Wildman–Crippen LogP) is 4.15. The highest BCUT2D eigenvalue weighted by Gasteiger charge is 2.20. The van der Waals surface area contributed by atoms with Gasteiger partial charge in [0.25, 0.3) is 0 Å². The Hall–Kier alpha value is -1.29. The molecule has 0 amide bonds. The molecule has 1 heterocycles. The lowest BCUT2D eigenvalue weighted by Crippen LogP contribution is -2.07. The molecule has 0 aliphatic heterocycles. The van der Waals surface area contributed by atoms with Crippen LogP contribution >= 0.6 is 7.82 Å². The summed E-state index contributed by atoms with van der Waals surface area (Å²) in [6.07, 6.45) is 10.6. The zero-order valence-electron chi connectivity index (χ0n) is 12.5. The minimum Gasteiger partial charge on any atom is -0.404 e. The summed E-state index contributed by atoms with van der Waals surface area (Å²) in [7, 11) is -4.55. The number of aromatic nitrogens is 1. The van der Waals surface area contributed by atoms with Gasteiger partial charge in [-0.05, 0) is 36.5 Å². The zero-order valence-corrected chi connectivity index (χ0v) is 13.4. The predicted molar refractivity (Wildman–Crippen MR) is 85.9 cm³/mol. The molecule has 0 atom stereocenters. The summed E-state index contributed by atoms with van der Waals surface area (Å²) in [5.41, 5.74) is 1.93. The van der Waals surface area contributed by atoms with Crippen LogP contribution < -0.4 is 4.52 Å². The van der Waals surface area contributed by atoms with E-state index in [1.54, 1.807) is 12.1 Å². The van der Waals surface area contributed by atoms with E-state index in [-0.39, 0.29) is 5.75 Å². The van der Waals surface area contributed by atoms with Gasteiger partial charge >= 0.3 is 7.82 Å². The molecule has 1 aliphatic rings. The first kappa shape index (κ1) is 15.6. The Morgan fingerprint density at radius 2 is 2.00 bits per heavy atom. The summed E-state index contributed by atoms with van der Waals surface area (Å²) >= 11 is 0. The van der Waals surface area contributed by atoms with E-state index in [1.807, 2.05) is 12.3 Å². The van der Waals surface area contributed by atoms with Crippen molar-refractivity contribution in [3.63, 3.8) is 0 Å². The molecule has 5 nitrogen and oxygen atoms in total. The van der Waals surface area contributed by atoms with E-state index in [1.165, 1.54) is 32.1 Å². The normalized spacial score (nSPS) is 17.0. The molecule has 1 saturated carbocycles. The van der Waals surface area contributed by atoms with Crippen molar-refractivity contribution < 1.29 is 18.9 Å². The second-order valence-corrected chi connectivity index (χ2v) is 7.28. The van der Waals surface area contributed by atoms with Crippen LogP contribution in [0.1, 0.15) is 44.1 Å². The summed E-state index contributed by atoms with van der Waals surface area (Å²) in [5, 5.41) is 0.793. The summed E-state index contributed by atoms with van der Waals surface area (Å²) in [4.78, 5) is 21.3. The molecule has 0 spiro atoms. The molecule has 1 aliphatic carbocycles. The molecule has 22 heavy (non-hydrogen) atoms. The molecule has 6 heteroatoms. The van der Waals surface area contributed by atoms with Crippen molar-refractivity contribution >= 4 is 18.7 Å². The van der Waals surface area contributed by atoms with Gasteiger partial charge in [0.05, 0.1) is 0 Å². The first-order valence-electron chi connectivity index (χ1n) is 7.87. The molecular formula is C16H22NO4P. The van der Waals surface area contributed by atoms with Gasteiger partial charge in [-0.1, -0.05) is 38.2 Å². The van der Waals surface area contributed by atoms with Gasteiger partial charge in [0, 0.05) is 17.1 Å². The van der Waals surface area contributed by atoms with Crippen molar-refractivity contribution in [2.24, 2.45) is 5.92 Å². The standard InChI is InChI=1S/C16H22NO4P/c18-22(19,20)21-15-8-4-7-14-16(15)13(11-17-14)10-9-12-5-2-1-3-6-12/h4,7-8,11-12,17H,1-3,5-6,9-10H2,(H2,18,19,20). The molecule has 0 unspecified atom stereocenters. The van der Waals surface area contributed by atoms with E-state index >= 15 is 0 Å². The average Bonchev–Trinajstić information content (AvgIpc) is 2.89. The molecule has 1 fully saturated rings. The number of hydrogen-bond acceptors (Lipinski definition) is 2. The Balaban J connectivity index is 1.81. The number of H-pyrrole nitrogens is 1. The van der Waals surface area contributed by atoms with Crippen LogP contribution in [-0.4, -0.2) is 14.8 Å². The van der Waals surface area contributed by atoms with E-state index in [2.05, 4.69) is 4.98 Å². The lowest BCUT2D eigenvalue weighted by atomic mass is 9.85. The van der Waals surface area contributed by atoms with E-state index in [4.69, 9.17) is 14.3 Å². The molecule has 0 radical (unpaired) electrons. The van der Waals surface area contributed by atoms with Gasteiger partial charge in [0.15, 0.2) is 0 Å². The zero-order chi connectivity index (χ0) is 15.6. The highest BCUT2D eigenvalue weighted by atomic mass is 31.2. The number of aromatic amines is 1.